The van der Waals surface area contributed by atoms with Crippen molar-refractivity contribution in [3.05, 3.63) is 419 Å². The normalized spacial score (nSPS) is 13.3. The first-order valence-corrected chi connectivity index (χ1v) is 50.1. The number of benzene rings is 21. The highest BCUT2D eigenvalue weighted by atomic mass is 31.1. The summed E-state index contributed by atoms with van der Waals surface area (Å²) in [5, 5.41) is 39.8. The minimum absolute atomic E-state index is 0.608. The van der Waals surface area contributed by atoms with Gasteiger partial charge in [0.2, 0.25) is 0 Å². The molecule has 25 aromatic rings. The predicted octanol–water partition coefficient (Wildman–Crippen LogP) is 28.4. The van der Waals surface area contributed by atoms with Gasteiger partial charge in [-0.3, -0.25) is 0 Å². The van der Waals surface area contributed by atoms with Crippen LogP contribution in [0, 0.1) is 0 Å². The van der Waals surface area contributed by atoms with Crippen molar-refractivity contribution >= 4 is 206 Å². The lowest BCUT2D eigenvalue weighted by molar-refractivity contribution is 1.02. The molecule has 0 bridgehead atoms. The molecule has 3 nitrogen and oxygen atoms in total. The van der Waals surface area contributed by atoms with E-state index in [1.165, 1.54) is 233 Å². The minimum atomic E-state index is -2.59. The second-order valence-corrected chi connectivity index (χ2v) is 45.1. The second kappa shape index (κ2) is 28.2. The van der Waals surface area contributed by atoms with Crippen molar-refractivity contribution in [2.24, 2.45) is 21.1 Å². The van der Waals surface area contributed by atoms with Gasteiger partial charge in [0.1, 0.15) is 8.07 Å². The monoisotopic (exact) mass is 1640 g/mol. The molecule has 21 aromatic carbocycles. The molecule has 125 heavy (non-hydrogen) atoms. The first-order valence-electron chi connectivity index (χ1n) is 43.7. The molecule has 588 valence electrons. The molecule has 0 aliphatic carbocycles. The molecular weight excluding hydrogens is 1560 g/mol. The van der Waals surface area contributed by atoms with E-state index < -0.39 is 23.7 Å². The van der Waals surface area contributed by atoms with E-state index in [0.717, 1.165) is 0 Å². The Labute approximate surface area is 727 Å². The van der Waals surface area contributed by atoms with Gasteiger partial charge in [-0.2, -0.15) is 0 Å². The third kappa shape index (κ3) is 10.6. The van der Waals surface area contributed by atoms with Crippen LogP contribution < -0.4 is 31.1 Å². The molecule has 0 saturated heterocycles. The zero-order chi connectivity index (χ0) is 83.1. The molecule has 2 aliphatic rings. The van der Waals surface area contributed by atoms with E-state index in [0.29, 0.717) is 0 Å². The van der Waals surface area contributed by atoms with Crippen molar-refractivity contribution in [2.45, 2.75) is 13.1 Å². The summed E-state index contributed by atoms with van der Waals surface area (Å²) in [6, 6.07) is 157. The maximum Gasteiger partial charge on any atom is 0.180 e. The van der Waals surface area contributed by atoms with Crippen LogP contribution in [0.4, 0.5) is 0 Å². The van der Waals surface area contributed by atoms with E-state index in [2.05, 4.69) is 467 Å². The number of hydrogen-bond acceptors (Lipinski definition) is 0. The van der Waals surface area contributed by atoms with Crippen LogP contribution in [0.15, 0.2) is 419 Å². The highest BCUT2D eigenvalue weighted by Crippen LogP contribution is 2.57. The maximum absolute atomic E-state index is 2.59. The van der Waals surface area contributed by atoms with Gasteiger partial charge in [-0.1, -0.05) is 415 Å². The fourth-order valence-electron chi connectivity index (χ4n) is 23.0. The van der Waals surface area contributed by atoms with Gasteiger partial charge in [0.15, 0.2) is 8.07 Å². The van der Waals surface area contributed by atoms with Gasteiger partial charge in [-0.05, 0) is 176 Å². The van der Waals surface area contributed by atoms with Crippen LogP contribution in [0.5, 0.6) is 0 Å². The zero-order valence-corrected chi connectivity index (χ0v) is 73.0. The van der Waals surface area contributed by atoms with Crippen molar-refractivity contribution in [1.29, 1.82) is 0 Å². The molecule has 0 saturated carbocycles. The lowest BCUT2D eigenvalue weighted by Gasteiger charge is -2.31. The van der Waals surface area contributed by atoms with Crippen molar-refractivity contribution < 1.29 is 0 Å². The fraction of sp³-hybridized carbons (Fsp3) is 0.0420. The highest BCUT2D eigenvalue weighted by molar-refractivity contribution is 7.68. The quantitative estimate of drug-likeness (QED) is 0.116. The number of aryl methyl sites for hydroxylation is 3. The molecule has 0 amide bonds. The zero-order valence-electron chi connectivity index (χ0n) is 70.1. The van der Waals surface area contributed by atoms with E-state index in [4.69, 9.17) is 0 Å². The fourth-order valence-corrected chi connectivity index (χ4v) is 34.0. The van der Waals surface area contributed by atoms with E-state index in [1.807, 2.05) is 0 Å². The number of rotatable bonds is 6. The topological polar surface area (TPSA) is 14.8 Å². The molecule has 2 aliphatic heterocycles. The van der Waals surface area contributed by atoms with Gasteiger partial charge in [0.05, 0.1) is 16.6 Å². The molecule has 0 radical (unpaired) electrons. The first kappa shape index (κ1) is 73.1. The van der Waals surface area contributed by atoms with Crippen LogP contribution >= 0.6 is 7.53 Å². The standard InChI is InChI=1S/C45H31NSi.C39H26NP.C35H27NSi/c1-46-40-25-14-24-33(43(40)44-38-22-10-8-19-34(38)35-20-9-11-23-39(35)45(44)46)30-27-28-37-36-21-12-13-26-41(36)47(42(37)29-30,31-15-4-2-5-16-31)32-17-6-3-7-18-32;1-40-34-20-11-19-27(37(34)38-32-17-7-5-14-28(32)29-15-6-8-18-33(29)39(38)40)25-22-23-31-30-16-9-10-21-35(30)41(36(31)24-25)26-12-3-2-4-13-26;1-36-30-17-10-16-23(22-19-20-27-26-13-8-9-18-31(26)37(2,3)32(27)21-22)33(30)34-28-14-6-4-11-24(28)25-12-5-7-15-29(25)35(34)36/h2-29H,1H3;2-24H,1H3;4-21H,1-3H3. The summed E-state index contributed by atoms with van der Waals surface area (Å²) in [6.07, 6.45) is 0. The number of hydrogen-bond donors (Lipinski definition) is 0. The average Bonchev–Trinajstić information content (AvgIpc) is 1.54. The molecule has 6 heterocycles. The molecule has 0 spiro atoms. The average molecular weight is 1640 g/mol. The summed E-state index contributed by atoms with van der Waals surface area (Å²) in [6.45, 7) is 5.00. The van der Waals surface area contributed by atoms with Crippen molar-refractivity contribution in [2.75, 3.05) is 0 Å². The lowest BCUT2D eigenvalue weighted by Crippen LogP contribution is -2.72. The Hall–Kier alpha value is -14.7. The van der Waals surface area contributed by atoms with Gasteiger partial charge in [0, 0.05) is 96.4 Å². The largest absolute Gasteiger partial charge is 0.343 e. The Balaban J connectivity index is 0.000000103. The van der Waals surface area contributed by atoms with Crippen molar-refractivity contribution in [1.82, 2.24) is 13.7 Å². The van der Waals surface area contributed by atoms with Crippen LogP contribution in [-0.2, 0) is 21.1 Å². The lowest BCUT2D eigenvalue weighted by atomic mass is 9.93. The molecule has 6 heteroatoms. The summed E-state index contributed by atoms with van der Waals surface area (Å²) in [7, 11) is 1.74. The molecule has 4 aromatic heterocycles. The molecule has 0 N–H and O–H groups in total. The Morgan fingerprint density at radius 1 is 0.200 bits per heavy atom. The molecule has 1 unspecified atom stereocenters. The van der Waals surface area contributed by atoms with Crippen LogP contribution in [0.1, 0.15) is 0 Å². The summed E-state index contributed by atoms with van der Waals surface area (Å²) < 4.78 is 7.23. The Bertz CT molecular complexity index is 8830. The summed E-state index contributed by atoms with van der Waals surface area (Å²) in [4.78, 5) is 0. The van der Waals surface area contributed by atoms with Gasteiger partial charge >= 0.3 is 0 Å². The maximum atomic E-state index is 2.55. The van der Waals surface area contributed by atoms with Crippen LogP contribution in [-0.4, -0.2) is 29.8 Å². The highest BCUT2D eigenvalue weighted by Gasteiger charge is 2.49. The SMILES string of the molecule is Cn1c2cccc(-c3ccc4c(c3)[Si](C)(C)c3ccccc3-4)c2c2c3ccccc3c3ccccc3c21.Cn1c2cccc(-c3ccc4c(c3)[Si](c3ccccc3)(c3ccccc3)c3ccccc3-4)c2c2c3ccccc3c3ccccc3c21.Cn1c2cccc(-c3ccc4c5ccccc5p(-c5ccccc5)c4c3)c2c2c3ccccc3c3ccccc3c21. The van der Waals surface area contributed by atoms with Gasteiger partial charge < -0.3 is 13.7 Å². The van der Waals surface area contributed by atoms with Crippen molar-refractivity contribution in [3.63, 3.8) is 0 Å². The van der Waals surface area contributed by atoms with Gasteiger partial charge in [0.25, 0.3) is 0 Å². The van der Waals surface area contributed by atoms with Crippen LogP contribution in [0.3, 0.4) is 0 Å². The van der Waals surface area contributed by atoms with Gasteiger partial charge in [-0.15, -0.1) is 0 Å². The van der Waals surface area contributed by atoms with Crippen molar-refractivity contribution in [3.8, 4) is 60.9 Å². The smallest absolute Gasteiger partial charge is 0.180 e. The number of nitrogens with zero attached hydrogens (tertiary/aromatic N) is 3. The molecule has 27 rings (SSSR count). The van der Waals surface area contributed by atoms with E-state index >= 15 is 0 Å². The number of fused-ring (bicyclic) bond motifs is 33. The molecule has 1 atom stereocenters. The summed E-state index contributed by atoms with van der Waals surface area (Å²) in [5.74, 6) is 0. The minimum Gasteiger partial charge on any atom is -0.343 e. The number of aromatic nitrogens is 3. The van der Waals surface area contributed by atoms with Gasteiger partial charge in [-0.25, -0.2) is 0 Å². The second-order valence-electron chi connectivity index (χ2n) is 34.9. The third-order valence-electron chi connectivity index (χ3n) is 28.3. The Morgan fingerprint density at radius 3 is 0.952 bits per heavy atom. The first-order chi connectivity index (χ1) is 61.6. The predicted molar refractivity (Wildman–Crippen MR) is 546 cm³/mol. The Morgan fingerprint density at radius 2 is 0.504 bits per heavy atom. The van der Waals surface area contributed by atoms with Crippen LogP contribution in [0.2, 0.25) is 13.1 Å². The Kier molecular flexibility index (Phi) is 16.5. The van der Waals surface area contributed by atoms with E-state index in [-0.39, 0.29) is 0 Å². The van der Waals surface area contributed by atoms with Crippen LogP contribution in [0.25, 0.3) is 212 Å². The third-order valence-corrected chi connectivity index (χ3v) is 39.3. The molecular formula is C119H84N3PSi2. The van der Waals surface area contributed by atoms with E-state index in [1.54, 1.807) is 10.4 Å². The summed E-state index contributed by atoms with van der Waals surface area (Å²) >= 11 is 0. The summed E-state index contributed by atoms with van der Waals surface area (Å²) in [5.41, 5.74) is 21.1. The van der Waals surface area contributed by atoms with E-state index in [9.17, 15) is 0 Å². The molecule has 0 fully saturated rings.